The van der Waals surface area contributed by atoms with Crippen molar-refractivity contribution in [3.8, 4) is 17.0 Å². The van der Waals surface area contributed by atoms with Gasteiger partial charge in [-0.15, -0.1) is 0 Å². The van der Waals surface area contributed by atoms with Crippen molar-refractivity contribution in [3.05, 3.63) is 24.3 Å². The number of benzene rings is 1. The summed E-state index contributed by atoms with van der Waals surface area (Å²) in [7, 11) is 3.43. The zero-order valence-corrected chi connectivity index (χ0v) is 9.27. The lowest BCUT2D eigenvalue weighted by molar-refractivity contribution is 0.415. The Morgan fingerprint density at radius 2 is 2.06 bits per heavy atom. The number of ether oxygens (including phenoxy) is 1. The van der Waals surface area contributed by atoms with Crippen LogP contribution in [0.2, 0.25) is 0 Å². The molecule has 0 amide bonds. The summed E-state index contributed by atoms with van der Waals surface area (Å²) in [5, 5.41) is 4.07. The maximum absolute atomic E-state index is 5.88. The van der Waals surface area contributed by atoms with Gasteiger partial charge in [-0.25, -0.2) is 0 Å². The summed E-state index contributed by atoms with van der Waals surface area (Å²) in [6, 6.07) is 7.61. The van der Waals surface area contributed by atoms with E-state index in [0.717, 1.165) is 17.0 Å². The minimum atomic E-state index is 0.348. The van der Waals surface area contributed by atoms with E-state index in [4.69, 9.17) is 16.2 Å². The molecule has 1 heterocycles. The molecule has 0 aliphatic carbocycles. The standard InChI is InChI=1S/C11H14N4O/c1-15-10(9(12)11(13)14-15)7-4-3-5-8(6-7)16-2/h3-6H,12H2,1-2H3,(H2,13,14). The van der Waals surface area contributed by atoms with Crippen molar-refractivity contribution in [1.82, 2.24) is 9.78 Å². The first-order valence-corrected chi connectivity index (χ1v) is 4.86. The topological polar surface area (TPSA) is 79.1 Å². The minimum absolute atomic E-state index is 0.348. The Balaban J connectivity index is 2.58. The van der Waals surface area contributed by atoms with Crippen molar-refractivity contribution in [1.29, 1.82) is 0 Å². The largest absolute Gasteiger partial charge is 0.497 e. The van der Waals surface area contributed by atoms with Crippen LogP contribution in [-0.4, -0.2) is 16.9 Å². The molecule has 0 fully saturated rings. The van der Waals surface area contributed by atoms with Crippen LogP contribution in [0.4, 0.5) is 11.5 Å². The molecule has 0 aliphatic rings. The third-order valence-electron chi connectivity index (χ3n) is 2.46. The number of nitrogens with zero attached hydrogens (tertiary/aromatic N) is 2. The summed E-state index contributed by atoms with van der Waals surface area (Å²) in [5.74, 6) is 1.12. The van der Waals surface area contributed by atoms with Crippen LogP contribution in [0.15, 0.2) is 24.3 Å². The van der Waals surface area contributed by atoms with Crippen molar-refractivity contribution in [3.63, 3.8) is 0 Å². The second kappa shape index (κ2) is 3.77. The number of anilines is 2. The number of methoxy groups -OCH3 is 1. The number of aromatic nitrogens is 2. The average molecular weight is 218 g/mol. The summed E-state index contributed by atoms with van der Waals surface area (Å²) in [6.45, 7) is 0. The molecule has 0 radical (unpaired) electrons. The molecule has 16 heavy (non-hydrogen) atoms. The summed E-state index contributed by atoms with van der Waals surface area (Å²) in [4.78, 5) is 0. The maximum atomic E-state index is 5.88. The molecule has 4 N–H and O–H groups in total. The first-order chi connectivity index (χ1) is 7.63. The van der Waals surface area contributed by atoms with Gasteiger partial charge in [0.05, 0.1) is 12.8 Å². The van der Waals surface area contributed by atoms with Gasteiger partial charge in [-0.2, -0.15) is 5.10 Å². The Kier molecular flexibility index (Phi) is 2.44. The highest BCUT2D eigenvalue weighted by Crippen LogP contribution is 2.31. The summed E-state index contributed by atoms with van der Waals surface area (Å²) < 4.78 is 6.83. The van der Waals surface area contributed by atoms with E-state index >= 15 is 0 Å². The van der Waals surface area contributed by atoms with Crippen LogP contribution in [0.5, 0.6) is 5.75 Å². The van der Waals surface area contributed by atoms with E-state index < -0.39 is 0 Å². The van der Waals surface area contributed by atoms with E-state index in [2.05, 4.69) is 5.10 Å². The molecule has 1 aromatic heterocycles. The van der Waals surface area contributed by atoms with Crippen molar-refractivity contribution < 1.29 is 4.74 Å². The van der Waals surface area contributed by atoms with Gasteiger partial charge >= 0.3 is 0 Å². The van der Waals surface area contributed by atoms with Crippen molar-refractivity contribution in [2.45, 2.75) is 0 Å². The smallest absolute Gasteiger partial charge is 0.169 e. The van der Waals surface area contributed by atoms with Gasteiger partial charge in [-0.1, -0.05) is 12.1 Å². The first-order valence-electron chi connectivity index (χ1n) is 4.86. The van der Waals surface area contributed by atoms with Crippen LogP contribution >= 0.6 is 0 Å². The fraction of sp³-hybridized carbons (Fsp3) is 0.182. The monoisotopic (exact) mass is 218 g/mol. The molecule has 5 heteroatoms. The zero-order valence-electron chi connectivity index (χ0n) is 9.27. The van der Waals surface area contributed by atoms with Crippen LogP contribution < -0.4 is 16.2 Å². The van der Waals surface area contributed by atoms with E-state index in [1.807, 2.05) is 31.3 Å². The van der Waals surface area contributed by atoms with Gasteiger partial charge < -0.3 is 16.2 Å². The Morgan fingerprint density at radius 3 is 2.62 bits per heavy atom. The van der Waals surface area contributed by atoms with Crippen LogP contribution in [0.3, 0.4) is 0 Å². The number of nitrogens with two attached hydrogens (primary N) is 2. The highest BCUT2D eigenvalue weighted by Gasteiger charge is 2.12. The SMILES string of the molecule is COc1cccc(-c2c(N)c(N)nn2C)c1. The Labute approximate surface area is 93.6 Å². The van der Waals surface area contributed by atoms with Gasteiger partial charge in [0, 0.05) is 12.6 Å². The molecule has 0 saturated carbocycles. The molecule has 0 atom stereocenters. The highest BCUT2D eigenvalue weighted by atomic mass is 16.5. The van der Waals surface area contributed by atoms with Crippen LogP contribution in [0, 0.1) is 0 Å². The Hall–Kier alpha value is -2.17. The molecular formula is C11H14N4O. The lowest BCUT2D eigenvalue weighted by atomic mass is 10.1. The van der Waals surface area contributed by atoms with E-state index in [9.17, 15) is 0 Å². The van der Waals surface area contributed by atoms with Crippen LogP contribution in [-0.2, 0) is 7.05 Å². The molecule has 5 nitrogen and oxygen atoms in total. The number of rotatable bonds is 2. The van der Waals surface area contributed by atoms with Crippen molar-refractivity contribution in [2.75, 3.05) is 18.6 Å². The molecular weight excluding hydrogens is 204 g/mol. The second-order valence-electron chi connectivity index (χ2n) is 3.50. The Morgan fingerprint density at radius 1 is 1.31 bits per heavy atom. The maximum Gasteiger partial charge on any atom is 0.169 e. The van der Waals surface area contributed by atoms with E-state index in [-0.39, 0.29) is 0 Å². The molecule has 0 unspecified atom stereocenters. The molecule has 0 bridgehead atoms. The van der Waals surface area contributed by atoms with Crippen molar-refractivity contribution >= 4 is 11.5 Å². The van der Waals surface area contributed by atoms with Gasteiger partial charge in [0.2, 0.25) is 0 Å². The van der Waals surface area contributed by atoms with Gasteiger partial charge in [0.1, 0.15) is 11.4 Å². The molecule has 0 spiro atoms. The molecule has 2 rings (SSSR count). The lowest BCUT2D eigenvalue weighted by Gasteiger charge is -2.05. The average Bonchev–Trinajstić information content (AvgIpc) is 2.53. The van der Waals surface area contributed by atoms with Gasteiger partial charge in [-0.05, 0) is 12.1 Å². The number of hydrogen-bond acceptors (Lipinski definition) is 4. The van der Waals surface area contributed by atoms with Crippen LogP contribution in [0.25, 0.3) is 11.3 Å². The fourth-order valence-electron chi connectivity index (χ4n) is 1.67. The fourth-order valence-corrected chi connectivity index (χ4v) is 1.67. The number of aryl methyl sites for hydroxylation is 1. The molecule has 1 aromatic carbocycles. The predicted molar refractivity (Wildman–Crippen MR) is 64.0 cm³/mol. The Bertz CT molecular complexity index is 519. The zero-order chi connectivity index (χ0) is 11.7. The second-order valence-corrected chi connectivity index (χ2v) is 3.50. The normalized spacial score (nSPS) is 10.4. The van der Waals surface area contributed by atoms with E-state index in [1.54, 1.807) is 11.8 Å². The summed E-state index contributed by atoms with van der Waals surface area (Å²) >= 11 is 0. The quantitative estimate of drug-likeness (QED) is 0.795. The molecule has 0 aliphatic heterocycles. The third-order valence-corrected chi connectivity index (χ3v) is 2.46. The first kappa shape index (κ1) is 10.4. The lowest BCUT2D eigenvalue weighted by Crippen LogP contribution is -1.96. The third kappa shape index (κ3) is 1.56. The van der Waals surface area contributed by atoms with E-state index in [1.165, 1.54) is 0 Å². The molecule has 0 saturated heterocycles. The minimum Gasteiger partial charge on any atom is -0.497 e. The summed E-state index contributed by atoms with van der Waals surface area (Å²) in [6.07, 6.45) is 0. The summed E-state index contributed by atoms with van der Waals surface area (Å²) in [5.41, 5.74) is 13.8. The number of hydrogen-bond donors (Lipinski definition) is 2. The molecule has 2 aromatic rings. The van der Waals surface area contributed by atoms with Crippen LogP contribution in [0.1, 0.15) is 0 Å². The number of nitrogen functional groups attached to an aromatic ring is 2. The van der Waals surface area contributed by atoms with Gasteiger partial charge in [0.25, 0.3) is 0 Å². The predicted octanol–water partition coefficient (Wildman–Crippen LogP) is 1.26. The van der Waals surface area contributed by atoms with E-state index in [0.29, 0.717) is 11.5 Å². The molecule has 84 valence electrons. The highest BCUT2D eigenvalue weighted by molar-refractivity contribution is 5.80. The van der Waals surface area contributed by atoms with Gasteiger partial charge in [0.15, 0.2) is 5.82 Å². The van der Waals surface area contributed by atoms with Crippen molar-refractivity contribution in [2.24, 2.45) is 7.05 Å². The van der Waals surface area contributed by atoms with Gasteiger partial charge in [-0.3, -0.25) is 4.68 Å².